The van der Waals surface area contributed by atoms with E-state index in [1.165, 1.54) is 62.5 Å². The molecule has 0 aromatic heterocycles. The molecule has 0 amide bonds. The van der Waals surface area contributed by atoms with E-state index in [9.17, 15) is 10.4 Å². The molecular formula is C41H61NO3S2. The van der Waals surface area contributed by atoms with Crippen LogP contribution in [0.3, 0.4) is 0 Å². The molecule has 1 saturated heterocycles. The Balaban J connectivity index is 1.25. The van der Waals surface area contributed by atoms with Gasteiger partial charge in [-0.2, -0.15) is 5.26 Å². The molecule has 4 nitrogen and oxygen atoms in total. The van der Waals surface area contributed by atoms with Gasteiger partial charge in [-0.15, -0.1) is 23.5 Å². The van der Waals surface area contributed by atoms with Crippen LogP contribution < -0.4 is 0 Å². The third-order valence-corrected chi connectivity index (χ3v) is 14.1. The fourth-order valence-corrected chi connectivity index (χ4v) is 11.6. The van der Waals surface area contributed by atoms with Crippen LogP contribution in [0, 0.1) is 35.0 Å². The molecule has 6 heteroatoms. The second kappa shape index (κ2) is 17.3. The molecule has 1 aromatic rings. The summed E-state index contributed by atoms with van der Waals surface area (Å²) in [7, 11) is 0. The summed E-state index contributed by atoms with van der Waals surface area (Å²) in [4.78, 5) is 0. The molecule has 1 unspecified atom stereocenters. The predicted molar refractivity (Wildman–Crippen MR) is 201 cm³/mol. The summed E-state index contributed by atoms with van der Waals surface area (Å²) < 4.78 is 13.1. The maximum Gasteiger partial charge on any atom is 0.193 e. The van der Waals surface area contributed by atoms with E-state index in [1.54, 1.807) is 29.6 Å². The van der Waals surface area contributed by atoms with Crippen LogP contribution >= 0.6 is 23.5 Å². The van der Waals surface area contributed by atoms with E-state index in [1.807, 2.05) is 0 Å². The standard InChI is InChI=1S/C41H61NO3S2/c1-9-28(4)45-41(7,8)27-40(5,6)35-20-16-33(17-21-35)34-25-46-39(47-26-34)37(24-42)38(43)44-36-22-18-32(19-23-36)31-14-12-30(13-15-31)29(10-2)11-3/h9,16-17,20-21,29-32,34,36,38,43H,1,4,10-15,18-19,22-23,25-27H2,2-3,5-8H3. The zero-order valence-corrected chi connectivity index (χ0v) is 31.7. The lowest BCUT2D eigenvalue weighted by atomic mass is 9.67. The summed E-state index contributed by atoms with van der Waals surface area (Å²) in [5.74, 6) is 6.27. The van der Waals surface area contributed by atoms with E-state index in [2.05, 4.69) is 85.0 Å². The summed E-state index contributed by atoms with van der Waals surface area (Å²) >= 11 is 3.37. The van der Waals surface area contributed by atoms with E-state index in [4.69, 9.17) is 9.47 Å². The minimum absolute atomic E-state index is 0.0400. The first-order chi connectivity index (χ1) is 22.4. The molecular weight excluding hydrogens is 619 g/mol. The summed E-state index contributed by atoms with van der Waals surface area (Å²) in [5, 5.41) is 21.1. The molecule has 1 aliphatic heterocycles. The van der Waals surface area contributed by atoms with Gasteiger partial charge in [0.2, 0.25) is 0 Å². The molecule has 1 aromatic carbocycles. The Morgan fingerprint density at radius 2 is 1.51 bits per heavy atom. The minimum Gasteiger partial charge on any atom is -0.488 e. The average Bonchev–Trinajstić information content (AvgIpc) is 3.06. The van der Waals surface area contributed by atoms with Crippen LogP contribution in [0.1, 0.15) is 129 Å². The first kappa shape index (κ1) is 38.2. The van der Waals surface area contributed by atoms with Gasteiger partial charge in [-0.1, -0.05) is 78.0 Å². The lowest BCUT2D eigenvalue weighted by molar-refractivity contribution is -0.124. The van der Waals surface area contributed by atoms with Gasteiger partial charge >= 0.3 is 0 Å². The largest absolute Gasteiger partial charge is 0.488 e. The number of aliphatic hydroxyl groups is 1. The molecule has 260 valence electrons. The molecule has 1 N–H and O–H groups in total. The van der Waals surface area contributed by atoms with E-state index in [0.29, 0.717) is 17.3 Å². The second-order valence-electron chi connectivity index (χ2n) is 15.6. The monoisotopic (exact) mass is 679 g/mol. The molecule has 1 heterocycles. The van der Waals surface area contributed by atoms with Gasteiger partial charge < -0.3 is 14.6 Å². The van der Waals surface area contributed by atoms with Crippen molar-refractivity contribution in [3.8, 4) is 6.07 Å². The van der Waals surface area contributed by atoms with Gasteiger partial charge in [0, 0.05) is 17.4 Å². The van der Waals surface area contributed by atoms with E-state index in [0.717, 1.165) is 58.7 Å². The summed E-state index contributed by atoms with van der Waals surface area (Å²) in [5.41, 5.74) is 2.56. The molecule has 1 atom stereocenters. The average molecular weight is 680 g/mol. The number of thioether (sulfide) groups is 2. The van der Waals surface area contributed by atoms with Crippen molar-refractivity contribution in [3.63, 3.8) is 0 Å². The van der Waals surface area contributed by atoms with Crippen LogP contribution in [-0.4, -0.2) is 34.6 Å². The van der Waals surface area contributed by atoms with Crippen LogP contribution in [-0.2, 0) is 14.9 Å². The highest BCUT2D eigenvalue weighted by atomic mass is 32.2. The molecule has 0 spiro atoms. The maximum atomic E-state index is 11.0. The molecule has 47 heavy (non-hydrogen) atoms. The van der Waals surface area contributed by atoms with Crippen molar-refractivity contribution in [2.75, 3.05) is 11.5 Å². The smallest absolute Gasteiger partial charge is 0.193 e. The van der Waals surface area contributed by atoms with E-state index in [-0.39, 0.29) is 17.1 Å². The summed E-state index contributed by atoms with van der Waals surface area (Å²) in [6.07, 6.45) is 14.0. The first-order valence-corrected chi connectivity index (χ1v) is 20.2. The van der Waals surface area contributed by atoms with Gasteiger partial charge in [-0.05, 0) is 118 Å². The fourth-order valence-electron chi connectivity index (χ4n) is 8.79. The van der Waals surface area contributed by atoms with Crippen molar-refractivity contribution in [3.05, 3.63) is 70.2 Å². The van der Waals surface area contributed by atoms with Crippen molar-refractivity contribution in [2.45, 2.75) is 141 Å². The number of benzene rings is 1. The lowest BCUT2D eigenvalue weighted by Gasteiger charge is -2.39. The maximum absolute atomic E-state index is 11.0. The fraction of sp³-hybridized carbons (Fsp3) is 0.683. The molecule has 4 rings (SSSR count). The first-order valence-electron chi connectivity index (χ1n) is 18.2. The van der Waals surface area contributed by atoms with E-state index < -0.39 is 6.29 Å². The van der Waals surface area contributed by atoms with Crippen LogP contribution in [0.4, 0.5) is 0 Å². The molecule has 3 fully saturated rings. The van der Waals surface area contributed by atoms with Crippen LogP contribution in [0.5, 0.6) is 0 Å². The van der Waals surface area contributed by atoms with Gasteiger partial charge in [0.25, 0.3) is 0 Å². The normalized spacial score (nSPS) is 26.4. The Kier molecular flexibility index (Phi) is 14.1. The molecule has 0 bridgehead atoms. The number of hydrogen-bond acceptors (Lipinski definition) is 6. The Hall–Kier alpha value is -1.65. The predicted octanol–water partition coefficient (Wildman–Crippen LogP) is 11.3. The number of rotatable bonds is 14. The number of ether oxygens (including phenoxy) is 2. The van der Waals surface area contributed by atoms with Crippen LogP contribution in [0.2, 0.25) is 0 Å². The number of aliphatic hydroxyl groups excluding tert-OH is 1. The third-order valence-electron chi connectivity index (χ3n) is 11.3. The Labute approximate surface area is 295 Å². The van der Waals surface area contributed by atoms with Gasteiger partial charge in [-0.25, -0.2) is 0 Å². The van der Waals surface area contributed by atoms with Gasteiger partial charge in [0.05, 0.1) is 10.3 Å². The molecule has 2 aliphatic carbocycles. The zero-order chi connectivity index (χ0) is 34.2. The number of nitrogens with zero attached hydrogens (tertiary/aromatic N) is 1. The van der Waals surface area contributed by atoms with Gasteiger partial charge in [-0.3, -0.25) is 0 Å². The van der Waals surface area contributed by atoms with Crippen molar-refractivity contribution in [1.29, 1.82) is 5.26 Å². The van der Waals surface area contributed by atoms with Crippen molar-refractivity contribution < 1.29 is 14.6 Å². The van der Waals surface area contributed by atoms with Crippen LogP contribution in [0.25, 0.3) is 0 Å². The second-order valence-corrected chi connectivity index (χ2v) is 17.9. The zero-order valence-electron chi connectivity index (χ0n) is 30.1. The Bertz CT molecular complexity index is 1230. The SMILES string of the molecule is C=CC(=C)OC(C)(C)CC(C)(C)c1ccc(C2CSC(=C(C#N)C(O)OC3CCC(C4CCC(C(CC)CC)CC4)CC3)SC2)cc1. The highest BCUT2D eigenvalue weighted by Crippen LogP contribution is 2.46. The molecule has 3 aliphatic rings. The summed E-state index contributed by atoms with van der Waals surface area (Å²) in [6, 6.07) is 11.3. The Morgan fingerprint density at radius 1 is 0.957 bits per heavy atom. The quantitative estimate of drug-likeness (QED) is 0.0914. The number of allylic oxidation sites excluding steroid dienone is 1. The van der Waals surface area contributed by atoms with Crippen molar-refractivity contribution in [1.82, 2.24) is 0 Å². The highest BCUT2D eigenvalue weighted by Gasteiger charge is 2.35. The molecule has 0 radical (unpaired) electrons. The van der Waals surface area contributed by atoms with Gasteiger partial charge in [0.15, 0.2) is 6.29 Å². The lowest BCUT2D eigenvalue weighted by Crippen LogP contribution is -2.33. The minimum atomic E-state index is -1.14. The summed E-state index contributed by atoms with van der Waals surface area (Å²) in [6.45, 7) is 21.1. The highest BCUT2D eigenvalue weighted by molar-refractivity contribution is 8.22. The number of nitriles is 1. The van der Waals surface area contributed by atoms with Crippen molar-refractivity contribution >= 4 is 23.5 Å². The topological polar surface area (TPSA) is 62.5 Å². The molecule has 2 saturated carbocycles. The van der Waals surface area contributed by atoms with Crippen molar-refractivity contribution in [2.24, 2.45) is 23.7 Å². The van der Waals surface area contributed by atoms with E-state index >= 15 is 0 Å². The number of hydrogen-bond donors (Lipinski definition) is 1. The van der Waals surface area contributed by atoms with Crippen LogP contribution in [0.15, 0.2) is 59.1 Å². The third kappa shape index (κ3) is 10.4. The van der Waals surface area contributed by atoms with Gasteiger partial charge in [0.1, 0.15) is 23.0 Å². The Morgan fingerprint density at radius 3 is 2.02 bits per heavy atom.